The molecule has 7 heteroatoms. The van der Waals surface area contributed by atoms with Gasteiger partial charge in [-0.1, -0.05) is 20.3 Å². The molecule has 3 N–H and O–H groups in total. The van der Waals surface area contributed by atoms with E-state index in [4.69, 9.17) is 18.9 Å². The van der Waals surface area contributed by atoms with Crippen LogP contribution in [0.15, 0.2) is 0 Å². The number of rotatable bonds is 9. The zero-order chi connectivity index (χ0) is 22.6. The monoisotopic (exact) mass is 432 g/mol. The smallest absolute Gasteiger partial charge is 0.113 e. The lowest BCUT2D eigenvalue weighted by molar-refractivity contribution is -0.272. The van der Waals surface area contributed by atoms with Crippen molar-refractivity contribution in [1.29, 1.82) is 0 Å². The summed E-state index contributed by atoms with van der Waals surface area (Å²) >= 11 is 0. The predicted molar refractivity (Wildman–Crippen MR) is 114 cm³/mol. The third-order valence-electron chi connectivity index (χ3n) is 6.81. The van der Waals surface area contributed by atoms with E-state index in [-0.39, 0.29) is 23.7 Å². The first-order valence-electron chi connectivity index (χ1n) is 11.7. The van der Waals surface area contributed by atoms with Gasteiger partial charge < -0.3 is 34.3 Å². The van der Waals surface area contributed by atoms with Crippen molar-refractivity contribution >= 4 is 0 Å². The highest BCUT2D eigenvalue weighted by atomic mass is 16.6. The Kier molecular flexibility index (Phi) is 9.55. The van der Waals surface area contributed by atoms with Crippen LogP contribution in [0.1, 0.15) is 74.1 Å². The van der Waals surface area contributed by atoms with E-state index in [1.54, 1.807) is 6.92 Å². The van der Waals surface area contributed by atoms with E-state index in [0.29, 0.717) is 13.0 Å². The Labute approximate surface area is 182 Å². The van der Waals surface area contributed by atoms with Crippen LogP contribution in [0.3, 0.4) is 0 Å². The molecule has 0 radical (unpaired) electrons. The van der Waals surface area contributed by atoms with Gasteiger partial charge in [0.25, 0.3) is 0 Å². The van der Waals surface area contributed by atoms with Crippen molar-refractivity contribution in [3.8, 4) is 0 Å². The van der Waals surface area contributed by atoms with Crippen molar-refractivity contribution in [3.05, 3.63) is 0 Å². The van der Waals surface area contributed by atoms with E-state index in [0.717, 1.165) is 19.3 Å². The number of hydrogen-bond donors (Lipinski definition) is 3. The van der Waals surface area contributed by atoms with Crippen LogP contribution in [0.2, 0.25) is 0 Å². The number of aliphatic hydroxyl groups is 3. The first kappa shape index (κ1) is 26.0. The summed E-state index contributed by atoms with van der Waals surface area (Å²) in [5.41, 5.74) is -0.383. The quantitative estimate of drug-likeness (QED) is 0.481. The molecule has 0 bridgehead atoms. The van der Waals surface area contributed by atoms with E-state index >= 15 is 0 Å². The van der Waals surface area contributed by atoms with Crippen LogP contribution in [0.4, 0.5) is 0 Å². The number of hydrogen-bond acceptors (Lipinski definition) is 7. The van der Waals surface area contributed by atoms with E-state index in [2.05, 4.69) is 13.8 Å². The molecule has 2 aliphatic heterocycles. The van der Waals surface area contributed by atoms with Crippen molar-refractivity contribution in [1.82, 2.24) is 0 Å². The van der Waals surface area contributed by atoms with Gasteiger partial charge in [0.2, 0.25) is 0 Å². The Bertz CT molecular complexity index is 514. The van der Waals surface area contributed by atoms with Crippen LogP contribution < -0.4 is 0 Å². The summed E-state index contributed by atoms with van der Waals surface area (Å²) in [6.07, 6.45) is -2.08. The van der Waals surface area contributed by atoms with Gasteiger partial charge in [-0.15, -0.1) is 0 Å². The molecule has 0 spiro atoms. The summed E-state index contributed by atoms with van der Waals surface area (Å²) in [5.74, 6) is -0.317. The van der Waals surface area contributed by atoms with Gasteiger partial charge in [0.15, 0.2) is 0 Å². The highest BCUT2D eigenvalue weighted by Gasteiger charge is 2.49. The Morgan fingerprint density at radius 2 is 1.50 bits per heavy atom. The predicted octanol–water partition coefficient (Wildman–Crippen LogP) is 2.43. The second kappa shape index (κ2) is 11.0. The molecule has 7 nitrogen and oxygen atoms in total. The van der Waals surface area contributed by atoms with Gasteiger partial charge in [0.1, 0.15) is 24.4 Å². The zero-order valence-electron chi connectivity index (χ0n) is 19.8. The van der Waals surface area contributed by atoms with E-state index in [1.165, 1.54) is 0 Å². The SMILES string of the molecule is CCCCO[C@H]1[C@@H](O)[C@H](OC(C)(C)CC)C(C)O[C@@H]1C[C@@H]1C(C)O[C@H](C)[C@@H](O)[C@H]1O. The maximum absolute atomic E-state index is 11.2. The van der Waals surface area contributed by atoms with Gasteiger partial charge in [-0.2, -0.15) is 0 Å². The molecule has 10 atom stereocenters. The minimum absolute atomic E-state index is 0.237. The molecule has 2 aliphatic rings. The third-order valence-corrected chi connectivity index (χ3v) is 6.81. The second-order valence-electron chi connectivity index (χ2n) is 9.68. The van der Waals surface area contributed by atoms with Crippen LogP contribution in [0.5, 0.6) is 0 Å². The number of aliphatic hydroxyl groups excluding tert-OH is 3. The Morgan fingerprint density at radius 3 is 2.10 bits per heavy atom. The average Bonchev–Trinajstić information content (AvgIpc) is 2.69. The number of unbranched alkanes of at least 4 members (excludes halogenated alkanes) is 1. The van der Waals surface area contributed by atoms with Crippen LogP contribution in [0, 0.1) is 5.92 Å². The molecule has 0 amide bonds. The van der Waals surface area contributed by atoms with Crippen molar-refractivity contribution in [2.24, 2.45) is 5.92 Å². The van der Waals surface area contributed by atoms with Gasteiger partial charge in [-0.25, -0.2) is 0 Å². The lowest BCUT2D eigenvalue weighted by atomic mass is 9.81. The van der Waals surface area contributed by atoms with Crippen LogP contribution in [0.25, 0.3) is 0 Å². The number of ether oxygens (including phenoxy) is 4. The molecule has 2 heterocycles. The standard InChI is InChI=1S/C23H44O7/c1-8-10-11-27-22-17(12-16-13(3)28-14(4)18(24)19(16)25)29-15(5)21(20(22)26)30-23(6,7)9-2/h13-22,24-26H,8-12H2,1-7H3/t13?,14-,15?,16-,17-,18-,19+,20+,21-,22-/m1/s1. The molecular weight excluding hydrogens is 388 g/mol. The highest BCUT2D eigenvalue weighted by molar-refractivity contribution is 4.98. The van der Waals surface area contributed by atoms with E-state index in [9.17, 15) is 15.3 Å². The van der Waals surface area contributed by atoms with Crippen molar-refractivity contribution in [2.75, 3.05) is 6.61 Å². The highest BCUT2D eigenvalue weighted by Crippen LogP contribution is 2.36. The van der Waals surface area contributed by atoms with Crippen LogP contribution >= 0.6 is 0 Å². The Morgan fingerprint density at radius 1 is 0.833 bits per heavy atom. The van der Waals surface area contributed by atoms with Crippen molar-refractivity contribution in [3.63, 3.8) is 0 Å². The zero-order valence-corrected chi connectivity index (χ0v) is 19.8. The van der Waals surface area contributed by atoms with Gasteiger partial charge >= 0.3 is 0 Å². The molecule has 0 aliphatic carbocycles. The third kappa shape index (κ3) is 6.15. The average molecular weight is 433 g/mol. The lowest BCUT2D eigenvalue weighted by Gasteiger charge is -2.48. The first-order chi connectivity index (χ1) is 14.0. The topological polar surface area (TPSA) is 97.6 Å². The van der Waals surface area contributed by atoms with Gasteiger partial charge in [-0.3, -0.25) is 0 Å². The molecule has 0 aromatic rings. The van der Waals surface area contributed by atoms with Crippen molar-refractivity contribution in [2.45, 2.75) is 135 Å². The van der Waals surface area contributed by atoms with Crippen LogP contribution in [-0.4, -0.2) is 82.5 Å². The second-order valence-corrected chi connectivity index (χ2v) is 9.68. The molecule has 0 saturated carbocycles. The van der Waals surface area contributed by atoms with Gasteiger partial charge in [0.05, 0.1) is 36.1 Å². The fourth-order valence-corrected chi connectivity index (χ4v) is 4.42. The normalized spacial score (nSPS) is 43.0. The minimum atomic E-state index is -0.946. The molecule has 2 saturated heterocycles. The maximum atomic E-state index is 11.2. The molecular formula is C23H44O7. The largest absolute Gasteiger partial charge is 0.390 e. The van der Waals surface area contributed by atoms with Crippen molar-refractivity contribution < 1.29 is 34.3 Å². The fourth-order valence-electron chi connectivity index (χ4n) is 4.42. The summed E-state index contributed by atoms with van der Waals surface area (Å²) in [4.78, 5) is 0. The summed E-state index contributed by atoms with van der Waals surface area (Å²) < 4.78 is 24.5. The first-order valence-corrected chi connectivity index (χ1v) is 11.7. The molecule has 30 heavy (non-hydrogen) atoms. The summed E-state index contributed by atoms with van der Waals surface area (Å²) in [6, 6.07) is 0. The fraction of sp³-hybridized carbons (Fsp3) is 1.00. The summed E-state index contributed by atoms with van der Waals surface area (Å²) in [7, 11) is 0. The molecule has 2 rings (SSSR count). The molecule has 0 aromatic heterocycles. The molecule has 2 fully saturated rings. The van der Waals surface area contributed by atoms with E-state index in [1.807, 2.05) is 27.7 Å². The van der Waals surface area contributed by atoms with Gasteiger partial charge in [0, 0.05) is 12.5 Å². The molecule has 178 valence electrons. The molecule has 0 aromatic carbocycles. The van der Waals surface area contributed by atoms with Crippen LogP contribution in [-0.2, 0) is 18.9 Å². The summed E-state index contributed by atoms with van der Waals surface area (Å²) in [6.45, 7) is 14.2. The Hall–Kier alpha value is -0.280. The van der Waals surface area contributed by atoms with Gasteiger partial charge in [-0.05, 0) is 53.9 Å². The van der Waals surface area contributed by atoms with E-state index < -0.39 is 42.7 Å². The minimum Gasteiger partial charge on any atom is -0.390 e. The Balaban J connectivity index is 2.18. The lowest BCUT2D eigenvalue weighted by Crippen LogP contribution is -2.61. The maximum Gasteiger partial charge on any atom is 0.113 e. The molecule has 2 unspecified atom stereocenters. The summed E-state index contributed by atoms with van der Waals surface area (Å²) in [5, 5.41) is 32.2.